The van der Waals surface area contributed by atoms with E-state index in [-0.39, 0.29) is 24.0 Å². The molecule has 3 rings (SSSR count). The van der Waals surface area contributed by atoms with Gasteiger partial charge in [-0.2, -0.15) is 0 Å². The molecule has 0 bridgehead atoms. The maximum absolute atomic E-state index is 5.53. The number of para-hydroxylation sites is 1. The predicted molar refractivity (Wildman–Crippen MR) is 134 cm³/mol. The van der Waals surface area contributed by atoms with Crippen molar-refractivity contribution in [1.29, 1.82) is 0 Å². The smallest absolute Gasteiger partial charge is 0.193 e. The Balaban J connectivity index is 0.00000320. The first-order valence-corrected chi connectivity index (χ1v) is 10.6. The van der Waals surface area contributed by atoms with Crippen molar-refractivity contribution in [1.82, 2.24) is 10.2 Å². The van der Waals surface area contributed by atoms with E-state index in [2.05, 4.69) is 53.5 Å². The summed E-state index contributed by atoms with van der Waals surface area (Å²) in [5, 5.41) is 3.51. The normalized spacial score (nSPS) is 16.2. The topological polar surface area (TPSA) is 53.2 Å². The summed E-state index contributed by atoms with van der Waals surface area (Å²) in [5.41, 5.74) is 1.24. The molecule has 2 aromatic rings. The minimum Gasteiger partial charge on any atom is -0.469 e. The summed E-state index contributed by atoms with van der Waals surface area (Å²) < 4.78 is 11.0. The van der Waals surface area contributed by atoms with Crippen LogP contribution in [0.15, 0.2) is 58.1 Å². The second-order valence-corrected chi connectivity index (χ2v) is 7.68. The largest absolute Gasteiger partial charge is 0.469 e. The lowest BCUT2D eigenvalue weighted by Gasteiger charge is -2.25. The van der Waals surface area contributed by atoms with E-state index < -0.39 is 0 Å². The number of aliphatic imine (C=N–C) groups is 1. The number of nitrogens with zero attached hydrogens (tertiary/aromatic N) is 3. The Morgan fingerprint density at radius 1 is 1.17 bits per heavy atom. The molecule has 30 heavy (non-hydrogen) atoms. The van der Waals surface area contributed by atoms with Crippen LogP contribution in [0.3, 0.4) is 0 Å². The first-order chi connectivity index (χ1) is 14.2. The maximum atomic E-state index is 5.53. The Hall–Kier alpha value is -1.74. The summed E-state index contributed by atoms with van der Waals surface area (Å²) in [6.07, 6.45) is 4.71. The van der Waals surface area contributed by atoms with Gasteiger partial charge in [0.2, 0.25) is 0 Å². The molecule has 0 radical (unpaired) electrons. The first kappa shape index (κ1) is 24.5. The standard InChI is InChI=1S/C23H34N4O2.HI/c1-26(21-8-4-3-5-9-21)15-7-13-24-23(25-14-11-22-10-6-16-29-22)27(2)18-20-12-17-28-19-20;/h3-6,8-10,16,20H,7,11-15,17-19H2,1-2H3,(H,24,25);1H. The van der Waals surface area contributed by atoms with Crippen LogP contribution in [0.1, 0.15) is 18.6 Å². The van der Waals surface area contributed by atoms with Gasteiger partial charge in [-0.25, -0.2) is 0 Å². The summed E-state index contributed by atoms with van der Waals surface area (Å²) >= 11 is 0. The molecular weight excluding hydrogens is 491 g/mol. The highest BCUT2D eigenvalue weighted by atomic mass is 127. The number of ether oxygens (including phenoxy) is 1. The monoisotopic (exact) mass is 526 g/mol. The zero-order valence-electron chi connectivity index (χ0n) is 18.1. The molecule has 1 fully saturated rings. The van der Waals surface area contributed by atoms with Gasteiger partial charge < -0.3 is 24.3 Å². The van der Waals surface area contributed by atoms with Crippen molar-refractivity contribution >= 4 is 35.6 Å². The highest BCUT2D eigenvalue weighted by Gasteiger charge is 2.19. The van der Waals surface area contributed by atoms with Crippen molar-refractivity contribution in [3.8, 4) is 0 Å². The average Bonchev–Trinajstić information content (AvgIpc) is 3.44. The van der Waals surface area contributed by atoms with Crippen molar-refractivity contribution in [2.45, 2.75) is 19.3 Å². The summed E-state index contributed by atoms with van der Waals surface area (Å²) in [6.45, 7) is 5.28. The van der Waals surface area contributed by atoms with E-state index in [9.17, 15) is 0 Å². The van der Waals surface area contributed by atoms with E-state index in [4.69, 9.17) is 14.1 Å². The summed E-state index contributed by atoms with van der Waals surface area (Å²) in [7, 11) is 4.25. The fourth-order valence-electron chi connectivity index (χ4n) is 3.57. The van der Waals surface area contributed by atoms with E-state index in [0.717, 1.165) is 70.4 Å². The molecular formula is C23H35IN4O2. The fourth-order valence-corrected chi connectivity index (χ4v) is 3.57. The van der Waals surface area contributed by atoms with Gasteiger partial charge in [0.1, 0.15) is 5.76 Å². The zero-order valence-corrected chi connectivity index (χ0v) is 20.5. The van der Waals surface area contributed by atoms with E-state index in [1.165, 1.54) is 5.69 Å². The highest BCUT2D eigenvalue weighted by Crippen LogP contribution is 2.14. The molecule has 1 aliphatic heterocycles. The number of nitrogens with one attached hydrogen (secondary N) is 1. The van der Waals surface area contributed by atoms with Gasteiger partial charge in [-0.05, 0) is 37.1 Å². The van der Waals surface area contributed by atoms with Gasteiger partial charge in [0.05, 0.1) is 12.9 Å². The second-order valence-electron chi connectivity index (χ2n) is 7.68. The molecule has 166 valence electrons. The lowest BCUT2D eigenvalue weighted by Crippen LogP contribution is -2.42. The van der Waals surface area contributed by atoms with Crippen LogP contribution in [-0.2, 0) is 11.2 Å². The van der Waals surface area contributed by atoms with Crippen molar-refractivity contribution in [2.24, 2.45) is 10.9 Å². The van der Waals surface area contributed by atoms with E-state index in [1.807, 2.05) is 18.2 Å². The van der Waals surface area contributed by atoms with Gasteiger partial charge in [-0.3, -0.25) is 4.99 Å². The van der Waals surface area contributed by atoms with Gasteiger partial charge in [0.25, 0.3) is 0 Å². The molecule has 1 aliphatic rings. The molecule has 0 spiro atoms. The molecule has 6 nitrogen and oxygen atoms in total. The third kappa shape index (κ3) is 8.18. The molecule has 7 heteroatoms. The summed E-state index contributed by atoms with van der Waals surface area (Å²) in [4.78, 5) is 9.40. The zero-order chi connectivity index (χ0) is 20.3. The van der Waals surface area contributed by atoms with Crippen molar-refractivity contribution in [3.05, 3.63) is 54.5 Å². The van der Waals surface area contributed by atoms with E-state index in [0.29, 0.717) is 5.92 Å². The van der Waals surface area contributed by atoms with Gasteiger partial charge in [0.15, 0.2) is 5.96 Å². The Bertz CT molecular complexity index is 718. The molecule has 1 aromatic heterocycles. The Labute approximate surface area is 197 Å². The molecule has 1 unspecified atom stereocenters. The highest BCUT2D eigenvalue weighted by molar-refractivity contribution is 14.0. The fraction of sp³-hybridized carbons (Fsp3) is 0.522. The SMILES string of the molecule is CN(CC1CCOC1)C(=NCCCN(C)c1ccccc1)NCCc1ccco1.I. The number of rotatable bonds is 10. The van der Waals surface area contributed by atoms with Crippen molar-refractivity contribution in [3.63, 3.8) is 0 Å². The van der Waals surface area contributed by atoms with Crippen LogP contribution in [0.5, 0.6) is 0 Å². The van der Waals surface area contributed by atoms with Crippen LogP contribution in [0, 0.1) is 5.92 Å². The minimum absolute atomic E-state index is 0. The van der Waals surface area contributed by atoms with Crippen molar-refractivity contribution in [2.75, 3.05) is 58.4 Å². The molecule has 1 N–H and O–H groups in total. The molecule has 1 saturated heterocycles. The Kier molecular flexibility index (Phi) is 11.1. The number of hydrogen-bond acceptors (Lipinski definition) is 4. The van der Waals surface area contributed by atoms with E-state index >= 15 is 0 Å². The number of furan rings is 1. The number of halogens is 1. The number of hydrogen-bond donors (Lipinski definition) is 1. The van der Waals surface area contributed by atoms with Gasteiger partial charge in [-0.1, -0.05) is 18.2 Å². The first-order valence-electron chi connectivity index (χ1n) is 10.6. The lowest BCUT2D eigenvalue weighted by molar-refractivity contribution is 0.181. The lowest BCUT2D eigenvalue weighted by atomic mass is 10.1. The second kappa shape index (κ2) is 13.5. The molecule has 0 amide bonds. The predicted octanol–water partition coefficient (Wildman–Crippen LogP) is 3.88. The number of guanidine groups is 1. The molecule has 1 atom stereocenters. The summed E-state index contributed by atoms with van der Waals surface area (Å²) in [6, 6.07) is 14.4. The van der Waals surface area contributed by atoms with Gasteiger partial charge in [-0.15, -0.1) is 24.0 Å². The maximum Gasteiger partial charge on any atom is 0.193 e. The van der Waals surface area contributed by atoms with Crippen LogP contribution in [-0.4, -0.2) is 64.3 Å². The molecule has 0 saturated carbocycles. The van der Waals surface area contributed by atoms with Crippen LogP contribution in [0.2, 0.25) is 0 Å². The third-order valence-corrected chi connectivity index (χ3v) is 5.26. The minimum atomic E-state index is 0. The number of anilines is 1. The Morgan fingerprint density at radius 2 is 2.00 bits per heavy atom. The van der Waals surface area contributed by atoms with Crippen LogP contribution >= 0.6 is 24.0 Å². The molecule has 0 aliphatic carbocycles. The summed E-state index contributed by atoms with van der Waals surface area (Å²) in [5.74, 6) is 2.54. The van der Waals surface area contributed by atoms with Gasteiger partial charge >= 0.3 is 0 Å². The molecule has 1 aromatic carbocycles. The van der Waals surface area contributed by atoms with Crippen LogP contribution in [0.25, 0.3) is 0 Å². The van der Waals surface area contributed by atoms with Crippen LogP contribution in [0.4, 0.5) is 5.69 Å². The average molecular weight is 526 g/mol. The quantitative estimate of drug-likeness (QED) is 0.221. The third-order valence-electron chi connectivity index (χ3n) is 5.26. The Morgan fingerprint density at radius 3 is 2.70 bits per heavy atom. The molecule has 2 heterocycles. The van der Waals surface area contributed by atoms with Crippen molar-refractivity contribution < 1.29 is 9.15 Å². The van der Waals surface area contributed by atoms with E-state index in [1.54, 1.807) is 6.26 Å². The van der Waals surface area contributed by atoms with Crippen LogP contribution < -0.4 is 10.2 Å². The van der Waals surface area contributed by atoms with Gasteiger partial charge in [0, 0.05) is 64.9 Å². The number of benzene rings is 1.